The molecule has 0 bridgehead atoms. The quantitative estimate of drug-likeness (QED) is 0.806. The zero-order valence-electron chi connectivity index (χ0n) is 9.97. The van der Waals surface area contributed by atoms with Crippen molar-refractivity contribution in [3.05, 3.63) is 34.9 Å². The fourth-order valence-corrected chi connectivity index (χ4v) is 1.40. The molecule has 0 aliphatic heterocycles. The van der Waals surface area contributed by atoms with Crippen molar-refractivity contribution in [2.24, 2.45) is 11.1 Å². The smallest absolute Gasteiger partial charge is 0.133 e. The van der Waals surface area contributed by atoms with Gasteiger partial charge in [0.1, 0.15) is 11.6 Å². The van der Waals surface area contributed by atoms with Gasteiger partial charge in [0.05, 0.1) is 0 Å². The summed E-state index contributed by atoms with van der Waals surface area (Å²) in [6.45, 7) is 7.18. The van der Waals surface area contributed by atoms with Crippen molar-refractivity contribution in [3.63, 3.8) is 0 Å². The Hall–Kier alpha value is -0.670. The van der Waals surface area contributed by atoms with Crippen LogP contribution in [0.1, 0.15) is 37.9 Å². The van der Waals surface area contributed by atoms with Crippen LogP contribution in [0.4, 0.5) is 8.78 Å². The summed E-state index contributed by atoms with van der Waals surface area (Å²) in [4.78, 5) is 0. The summed E-state index contributed by atoms with van der Waals surface area (Å²) < 4.78 is 27.2. The van der Waals surface area contributed by atoms with Gasteiger partial charge in [0, 0.05) is 11.6 Å². The van der Waals surface area contributed by atoms with E-state index in [9.17, 15) is 8.78 Å². The van der Waals surface area contributed by atoms with Crippen LogP contribution in [-0.4, -0.2) is 0 Å². The molecule has 0 aliphatic carbocycles. The van der Waals surface area contributed by atoms with E-state index in [-0.39, 0.29) is 23.4 Å². The van der Waals surface area contributed by atoms with Crippen molar-refractivity contribution >= 4 is 12.4 Å². The molecule has 0 radical (unpaired) electrons. The molecule has 1 atom stereocenters. The Morgan fingerprint density at radius 3 is 2.12 bits per heavy atom. The highest BCUT2D eigenvalue weighted by Gasteiger charge is 2.28. The molecule has 0 unspecified atom stereocenters. The van der Waals surface area contributed by atoms with E-state index in [1.54, 1.807) is 6.92 Å². The first kappa shape index (κ1) is 15.3. The van der Waals surface area contributed by atoms with E-state index in [1.165, 1.54) is 12.1 Å². The minimum atomic E-state index is -0.641. The lowest BCUT2D eigenvalue weighted by Crippen LogP contribution is -2.28. The number of hydrogen-bond acceptors (Lipinski definition) is 1. The molecule has 0 fully saturated rings. The largest absolute Gasteiger partial charge is 0.323 e. The second-order valence-corrected chi connectivity index (χ2v) is 4.94. The van der Waals surface area contributed by atoms with Gasteiger partial charge in [-0.3, -0.25) is 0 Å². The first-order chi connectivity index (χ1) is 6.75. The van der Waals surface area contributed by atoms with E-state index in [2.05, 4.69) is 0 Å². The normalized spacial score (nSPS) is 13.2. The van der Waals surface area contributed by atoms with Gasteiger partial charge in [-0.1, -0.05) is 26.8 Å². The van der Waals surface area contributed by atoms with Crippen molar-refractivity contribution < 1.29 is 8.78 Å². The fourth-order valence-electron chi connectivity index (χ4n) is 1.40. The van der Waals surface area contributed by atoms with Crippen LogP contribution >= 0.6 is 12.4 Å². The highest BCUT2D eigenvalue weighted by atomic mass is 35.5. The molecular weight excluding hydrogens is 232 g/mol. The number of benzene rings is 1. The molecule has 2 N–H and O–H groups in total. The van der Waals surface area contributed by atoms with E-state index in [1.807, 2.05) is 20.8 Å². The van der Waals surface area contributed by atoms with Gasteiger partial charge in [-0.25, -0.2) is 8.78 Å². The Morgan fingerprint density at radius 1 is 1.19 bits per heavy atom. The maximum atomic E-state index is 13.7. The first-order valence-corrected chi connectivity index (χ1v) is 4.95. The SMILES string of the molecule is Cc1ccc(F)c([C@@H](N)C(C)(C)C)c1F.Cl. The van der Waals surface area contributed by atoms with E-state index >= 15 is 0 Å². The highest BCUT2D eigenvalue weighted by molar-refractivity contribution is 5.85. The van der Waals surface area contributed by atoms with E-state index < -0.39 is 17.7 Å². The van der Waals surface area contributed by atoms with Crippen LogP contribution < -0.4 is 5.73 Å². The van der Waals surface area contributed by atoms with Crippen LogP contribution in [-0.2, 0) is 0 Å². The standard InChI is InChI=1S/C12H17F2N.ClH/c1-7-5-6-8(13)9(10(7)14)11(15)12(2,3)4;/h5-6,11H,15H2,1-4H3;1H/t11-;/m1./s1. The topological polar surface area (TPSA) is 26.0 Å². The fraction of sp³-hybridized carbons (Fsp3) is 0.500. The molecule has 4 heteroatoms. The highest BCUT2D eigenvalue weighted by Crippen LogP contribution is 2.34. The van der Waals surface area contributed by atoms with Crippen molar-refractivity contribution in [2.45, 2.75) is 33.7 Å². The van der Waals surface area contributed by atoms with Crippen LogP contribution in [0, 0.1) is 24.0 Å². The Kier molecular flexibility index (Phi) is 4.89. The lowest BCUT2D eigenvalue weighted by molar-refractivity contribution is 0.310. The van der Waals surface area contributed by atoms with Gasteiger partial charge in [-0.15, -0.1) is 12.4 Å². The van der Waals surface area contributed by atoms with Crippen molar-refractivity contribution in [1.82, 2.24) is 0 Å². The molecule has 0 aliphatic rings. The minimum absolute atomic E-state index is 0. The Balaban J connectivity index is 0.00000225. The summed E-state index contributed by atoms with van der Waals surface area (Å²) >= 11 is 0. The molecule has 0 aromatic heterocycles. The van der Waals surface area contributed by atoms with Crippen LogP contribution in [0.15, 0.2) is 12.1 Å². The molecule has 0 saturated heterocycles. The second kappa shape index (κ2) is 5.11. The van der Waals surface area contributed by atoms with Crippen LogP contribution in [0.5, 0.6) is 0 Å². The molecule has 92 valence electrons. The Labute approximate surface area is 101 Å². The van der Waals surface area contributed by atoms with Gasteiger partial charge >= 0.3 is 0 Å². The molecule has 16 heavy (non-hydrogen) atoms. The zero-order chi connectivity index (χ0) is 11.8. The molecule has 0 saturated carbocycles. The average molecular weight is 250 g/mol. The predicted octanol–water partition coefficient (Wildman–Crippen LogP) is 3.74. The van der Waals surface area contributed by atoms with Gasteiger partial charge in [0.15, 0.2) is 0 Å². The maximum Gasteiger partial charge on any atom is 0.133 e. The average Bonchev–Trinajstić information content (AvgIpc) is 2.10. The van der Waals surface area contributed by atoms with Gasteiger partial charge in [0.2, 0.25) is 0 Å². The second-order valence-electron chi connectivity index (χ2n) is 4.94. The summed E-state index contributed by atoms with van der Waals surface area (Å²) in [5.74, 6) is -1.10. The molecule has 1 aromatic rings. The van der Waals surface area contributed by atoms with Gasteiger partial charge < -0.3 is 5.73 Å². The monoisotopic (exact) mass is 249 g/mol. The molecule has 1 rings (SSSR count). The Morgan fingerprint density at radius 2 is 1.69 bits per heavy atom. The lowest BCUT2D eigenvalue weighted by Gasteiger charge is -2.28. The summed E-state index contributed by atoms with van der Waals surface area (Å²) in [6, 6.07) is 2.04. The molecule has 0 amide bonds. The molecule has 0 spiro atoms. The van der Waals surface area contributed by atoms with Gasteiger partial charge in [0.25, 0.3) is 0 Å². The summed E-state index contributed by atoms with van der Waals surface area (Å²) in [5, 5.41) is 0. The predicted molar refractivity (Wildman–Crippen MR) is 64.7 cm³/mol. The minimum Gasteiger partial charge on any atom is -0.323 e. The number of aryl methyl sites for hydroxylation is 1. The molecule has 1 nitrogen and oxygen atoms in total. The van der Waals surface area contributed by atoms with Gasteiger partial charge in [-0.05, 0) is 24.0 Å². The number of rotatable bonds is 1. The number of halogens is 3. The van der Waals surface area contributed by atoms with Crippen LogP contribution in [0.3, 0.4) is 0 Å². The third-order valence-corrected chi connectivity index (χ3v) is 2.56. The summed E-state index contributed by atoms with van der Waals surface area (Å²) in [6.07, 6.45) is 0. The summed E-state index contributed by atoms with van der Waals surface area (Å²) in [7, 11) is 0. The summed E-state index contributed by atoms with van der Waals surface area (Å²) in [5.41, 5.74) is 5.91. The third kappa shape index (κ3) is 2.92. The maximum absolute atomic E-state index is 13.7. The molecule has 1 aromatic carbocycles. The van der Waals surface area contributed by atoms with E-state index in [0.29, 0.717) is 5.56 Å². The van der Waals surface area contributed by atoms with Crippen LogP contribution in [0.2, 0.25) is 0 Å². The van der Waals surface area contributed by atoms with Crippen molar-refractivity contribution in [3.8, 4) is 0 Å². The van der Waals surface area contributed by atoms with Crippen LogP contribution in [0.25, 0.3) is 0 Å². The van der Waals surface area contributed by atoms with Crippen molar-refractivity contribution in [1.29, 1.82) is 0 Å². The molecule has 0 heterocycles. The van der Waals surface area contributed by atoms with E-state index in [0.717, 1.165) is 0 Å². The van der Waals surface area contributed by atoms with Crippen molar-refractivity contribution in [2.75, 3.05) is 0 Å². The third-order valence-electron chi connectivity index (χ3n) is 2.56. The first-order valence-electron chi connectivity index (χ1n) is 4.95. The van der Waals surface area contributed by atoms with Gasteiger partial charge in [-0.2, -0.15) is 0 Å². The zero-order valence-corrected chi connectivity index (χ0v) is 10.8. The van der Waals surface area contributed by atoms with E-state index in [4.69, 9.17) is 5.73 Å². The lowest BCUT2D eigenvalue weighted by atomic mass is 9.82. The Bertz CT molecular complexity index is 372. The molecular formula is C12H18ClF2N. The number of nitrogens with two attached hydrogens (primary N) is 1. The number of hydrogen-bond donors (Lipinski definition) is 1.